The van der Waals surface area contributed by atoms with Crippen molar-refractivity contribution in [2.45, 2.75) is 12.1 Å². The summed E-state index contributed by atoms with van der Waals surface area (Å²) in [5, 5.41) is 21.6. The number of benzene rings is 1. The van der Waals surface area contributed by atoms with Gasteiger partial charge in [-0.05, 0) is 13.0 Å². The number of carbonyl (C=O) groups excluding carboxylic acids is 1. The zero-order valence-corrected chi connectivity index (χ0v) is 12.3. The van der Waals surface area contributed by atoms with Crippen molar-refractivity contribution in [1.82, 2.24) is 20.6 Å². The van der Waals surface area contributed by atoms with E-state index in [1.807, 2.05) is 0 Å². The number of H-pyrrole nitrogens is 1. The summed E-state index contributed by atoms with van der Waals surface area (Å²) in [6.07, 6.45) is 1.34. The highest BCUT2D eigenvalue weighted by Crippen LogP contribution is 2.18. The first-order valence-corrected chi connectivity index (χ1v) is 7.11. The van der Waals surface area contributed by atoms with Crippen LogP contribution in [0.3, 0.4) is 0 Å². The molecule has 0 radical (unpaired) electrons. The maximum atomic E-state index is 11.7. The van der Waals surface area contributed by atoms with Gasteiger partial charge in [0.15, 0.2) is 5.16 Å². The Hall–Kier alpha value is -2.75. The number of nitro benzene ring substituents is 1. The average Bonchev–Trinajstić information content (AvgIpc) is 3.04. The minimum Gasteiger partial charge on any atom is -0.272 e. The molecule has 0 aliphatic heterocycles. The SMILES string of the molecule is C/C(=N\NC(=O)CSc1ncn[nH]1)c1ccccc1[N+](=O)[O-]. The Kier molecular flexibility index (Phi) is 5.20. The first-order chi connectivity index (χ1) is 10.6. The Bertz CT molecular complexity index is 701. The Morgan fingerprint density at radius 3 is 2.95 bits per heavy atom. The van der Waals surface area contributed by atoms with Gasteiger partial charge in [0, 0.05) is 6.07 Å². The number of aromatic amines is 1. The summed E-state index contributed by atoms with van der Waals surface area (Å²) < 4.78 is 0. The van der Waals surface area contributed by atoms with E-state index >= 15 is 0 Å². The average molecular weight is 320 g/mol. The van der Waals surface area contributed by atoms with Gasteiger partial charge in [-0.15, -0.1) is 0 Å². The molecule has 0 atom stereocenters. The van der Waals surface area contributed by atoms with Gasteiger partial charge in [-0.1, -0.05) is 23.9 Å². The van der Waals surface area contributed by atoms with Gasteiger partial charge in [-0.2, -0.15) is 10.2 Å². The number of para-hydroxylation sites is 1. The van der Waals surface area contributed by atoms with Gasteiger partial charge in [0.2, 0.25) is 0 Å². The monoisotopic (exact) mass is 320 g/mol. The molecule has 0 unspecified atom stereocenters. The molecule has 0 fully saturated rings. The number of thioether (sulfide) groups is 1. The lowest BCUT2D eigenvalue weighted by Crippen LogP contribution is -2.21. The summed E-state index contributed by atoms with van der Waals surface area (Å²) in [4.78, 5) is 26.0. The van der Waals surface area contributed by atoms with Crippen LogP contribution in [-0.2, 0) is 4.79 Å². The van der Waals surface area contributed by atoms with E-state index in [1.54, 1.807) is 25.1 Å². The molecule has 9 nitrogen and oxygen atoms in total. The number of hydrazone groups is 1. The molecule has 1 aromatic heterocycles. The van der Waals surface area contributed by atoms with Crippen LogP contribution < -0.4 is 5.43 Å². The summed E-state index contributed by atoms with van der Waals surface area (Å²) in [5.74, 6) is -0.248. The Labute approximate surface area is 129 Å². The minimum atomic E-state index is -0.490. The highest BCUT2D eigenvalue weighted by Gasteiger charge is 2.14. The van der Waals surface area contributed by atoms with Crippen LogP contribution in [0.5, 0.6) is 0 Å². The minimum absolute atomic E-state index is 0.0611. The van der Waals surface area contributed by atoms with Crippen molar-refractivity contribution in [3.63, 3.8) is 0 Å². The van der Waals surface area contributed by atoms with Gasteiger partial charge in [-0.3, -0.25) is 20.0 Å². The van der Waals surface area contributed by atoms with Crippen LogP contribution in [0.25, 0.3) is 0 Å². The largest absolute Gasteiger partial charge is 0.278 e. The van der Waals surface area contributed by atoms with Crippen molar-refractivity contribution in [3.05, 3.63) is 46.3 Å². The van der Waals surface area contributed by atoms with E-state index in [0.29, 0.717) is 16.4 Å². The normalized spacial score (nSPS) is 11.2. The fourth-order valence-corrected chi connectivity index (χ4v) is 2.15. The zero-order valence-electron chi connectivity index (χ0n) is 11.5. The van der Waals surface area contributed by atoms with Crippen LogP contribution in [-0.4, -0.2) is 37.5 Å². The Morgan fingerprint density at radius 2 is 2.27 bits per heavy atom. The zero-order chi connectivity index (χ0) is 15.9. The molecule has 2 N–H and O–H groups in total. The summed E-state index contributed by atoms with van der Waals surface area (Å²) in [6, 6.07) is 6.20. The molecule has 1 heterocycles. The number of aromatic nitrogens is 3. The molecular formula is C12H12N6O3S. The second-order valence-corrected chi connectivity index (χ2v) is 5.05. The molecule has 1 aromatic carbocycles. The molecular weight excluding hydrogens is 308 g/mol. The van der Waals surface area contributed by atoms with Crippen LogP contribution in [0.4, 0.5) is 5.69 Å². The standard InChI is InChI=1S/C12H12N6O3S/c1-8(9-4-2-3-5-10(9)18(20)21)15-16-11(19)6-22-12-13-7-14-17-12/h2-5,7H,6H2,1H3,(H,16,19)(H,13,14,17)/b15-8+. The van der Waals surface area contributed by atoms with Gasteiger partial charge in [-0.25, -0.2) is 10.4 Å². The van der Waals surface area contributed by atoms with Gasteiger partial charge in [0.05, 0.1) is 22.0 Å². The van der Waals surface area contributed by atoms with Crippen LogP contribution >= 0.6 is 11.8 Å². The van der Waals surface area contributed by atoms with Crippen molar-refractivity contribution < 1.29 is 9.72 Å². The molecule has 0 saturated carbocycles. The number of hydrogen-bond acceptors (Lipinski definition) is 7. The molecule has 10 heteroatoms. The molecule has 0 bridgehead atoms. The Balaban J connectivity index is 1.97. The van der Waals surface area contributed by atoms with E-state index in [9.17, 15) is 14.9 Å². The van der Waals surface area contributed by atoms with E-state index in [2.05, 4.69) is 25.7 Å². The Morgan fingerprint density at radius 1 is 1.50 bits per heavy atom. The van der Waals surface area contributed by atoms with Crippen LogP contribution in [0.15, 0.2) is 40.9 Å². The fourth-order valence-electron chi connectivity index (χ4n) is 1.58. The molecule has 2 rings (SSSR count). The van der Waals surface area contributed by atoms with Gasteiger partial charge in [0.1, 0.15) is 6.33 Å². The molecule has 0 aliphatic rings. The molecule has 2 aromatic rings. The molecule has 0 aliphatic carbocycles. The summed E-state index contributed by atoms with van der Waals surface area (Å²) in [6.45, 7) is 1.59. The third kappa shape index (κ3) is 4.12. The van der Waals surface area contributed by atoms with E-state index in [1.165, 1.54) is 24.2 Å². The first-order valence-electron chi connectivity index (χ1n) is 6.13. The van der Waals surface area contributed by atoms with Crippen molar-refractivity contribution in [2.75, 3.05) is 5.75 Å². The number of rotatable bonds is 6. The number of nitrogens with one attached hydrogen (secondary N) is 2. The number of nitrogens with zero attached hydrogens (tertiary/aromatic N) is 4. The molecule has 0 saturated heterocycles. The lowest BCUT2D eigenvalue weighted by atomic mass is 10.1. The van der Waals surface area contributed by atoms with Crippen LogP contribution in [0, 0.1) is 10.1 Å². The highest BCUT2D eigenvalue weighted by atomic mass is 32.2. The predicted molar refractivity (Wildman–Crippen MR) is 80.6 cm³/mol. The topological polar surface area (TPSA) is 126 Å². The van der Waals surface area contributed by atoms with Crippen molar-refractivity contribution in [1.29, 1.82) is 0 Å². The van der Waals surface area contributed by atoms with E-state index in [0.717, 1.165) is 0 Å². The van der Waals surface area contributed by atoms with Crippen LogP contribution in [0.1, 0.15) is 12.5 Å². The van der Waals surface area contributed by atoms with Crippen molar-refractivity contribution >= 4 is 29.1 Å². The third-order valence-electron chi connectivity index (χ3n) is 2.57. The fraction of sp³-hybridized carbons (Fsp3) is 0.167. The quantitative estimate of drug-likeness (QED) is 0.358. The van der Waals surface area contributed by atoms with Gasteiger partial charge in [0.25, 0.3) is 11.6 Å². The van der Waals surface area contributed by atoms with E-state index in [4.69, 9.17) is 0 Å². The number of hydrogen-bond donors (Lipinski definition) is 2. The maximum absolute atomic E-state index is 11.7. The maximum Gasteiger partial charge on any atom is 0.278 e. The van der Waals surface area contributed by atoms with Crippen LogP contribution in [0.2, 0.25) is 0 Å². The summed E-state index contributed by atoms with van der Waals surface area (Å²) >= 11 is 1.17. The lowest BCUT2D eigenvalue weighted by Gasteiger charge is -2.03. The second-order valence-electron chi connectivity index (χ2n) is 4.09. The molecule has 22 heavy (non-hydrogen) atoms. The van der Waals surface area contributed by atoms with Gasteiger partial charge < -0.3 is 0 Å². The molecule has 1 amide bonds. The predicted octanol–water partition coefficient (Wildman–Crippen LogP) is 1.35. The third-order valence-corrected chi connectivity index (χ3v) is 3.45. The highest BCUT2D eigenvalue weighted by molar-refractivity contribution is 7.99. The number of amides is 1. The number of carbonyl (C=O) groups is 1. The first kappa shape index (κ1) is 15.6. The summed E-state index contributed by atoms with van der Waals surface area (Å²) in [7, 11) is 0. The lowest BCUT2D eigenvalue weighted by molar-refractivity contribution is -0.385. The second kappa shape index (κ2) is 7.31. The molecule has 114 valence electrons. The van der Waals surface area contributed by atoms with Gasteiger partial charge >= 0.3 is 0 Å². The van der Waals surface area contributed by atoms with E-state index in [-0.39, 0.29) is 17.3 Å². The molecule has 0 spiro atoms. The van der Waals surface area contributed by atoms with Crippen molar-refractivity contribution in [3.8, 4) is 0 Å². The number of nitro groups is 1. The smallest absolute Gasteiger partial charge is 0.272 e. The van der Waals surface area contributed by atoms with Crippen molar-refractivity contribution in [2.24, 2.45) is 5.10 Å². The van der Waals surface area contributed by atoms with E-state index < -0.39 is 4.92 Å². The summed E-state index contributed by atoms with van der Waals surface area (Å²) in [5.41, 5.74) is 3.00.